The molecule has 0 aliphatic rings. The lowest BCUT2D eigenvalue weighted by Gasteiger charge is -2.19. The molecule has 0 fully saturated rings. The number of benzene rings is 1. The minimum atomic E-state index is -0.269. The Bertz CT molecular complexity index is 324. The highest BCUT2D eigenvalue weighted by Crippen LogP contribution is 2.22. The summed E-state index contributed by atoms with van der Waals surface area (Å²) in [5, 5.41) is 9.80. The largest absolute Gasteiger partial charge is 0.393 e. The lowest BCUT2D eigenvalue weighted by Crippen LogP contribution is -2.12. The number of hydrogen-bond acceptors (Lipinski definition) is 1. The molecule has 0 radical (unpaired) electrons. The van der Waals surface area contributed by atoms with Crippen molar-refractivity contribution in [3.8, 4) is 0 Å². The molecule has 0 saturated carbocycles. The van der Waals surface area contributed by atoms with Crippen molar-refractivity contribution < 1.29 is 5.11 Å². The van der Waals surface area contributed by atoms with E-state index in [2.05, 4.69) is 45.0 Å². The molecule has 0 aliphatic heterocycles. The maximum Gasteiger partial charge on any atom is 0.0581 e. The van der Waals surface area contributed by atoms with Gasteiger partial charge in [0.2, 0.25) is 0 Å². The lowest BCUT2D eigenvalue weighted by atomic mass is 9.86. The highest BCUT2D eigenvalue weighted by molar-refractivity contribution is 6.17. The van der Waals surface area contributed by atoms with E-state index < -0.39 is 0 Å². The molecule has 1 atom stereocenters. The van der Waals surface area contributed by atoms with Gasteiger partial charge in [-0.3, -0.25) is 0 Å². The Labute approximate surface area is 110 Å². The van der Waals surface area contributed by atoms with Gasteiger partial charge in [0.25, 0.3) is 0 Å². The first-order chi connectivity index (χ1) is 7.93. The standard InChI is InChI=1S/C15H23ClO/c1-15(2,3)13-8-6-12(7-9-13)11-14(17)5-4-10-16/h6-9,14,17H,4-5,10-11H2,1-3H3. The average molecular weight is 255 g/mol. The summed E-state index contributed by atoms with van der Waals surface area (Å²) in [5.41, 5.74) is 2.71. The molecule has 0 aromatic heterocycles. The predicted octanol–water partition coefficient (Wildman–Crippen LogP) is 3.91. The minimum Gasteiger partial charge on any atom is -0.393 e. The van der Waals surface area contributed by atoms with E-state index >= 15 is 0 Å². The van der Waals surface area contributed by atoms with Crippen LogP contribution in [-0.2, 0) is 11.8 Å². The normalized spacial score (nSPS) is 13.7. The van der Waals surface area contributed by atoms with Crippen LogP contribution >= 0.6 is 11.6 Å². The predicted molar refractivity (Wildman–Crippen MR) is 74.8 cm³/mol. The van der Waals surface area contributed by atoms with Crippen molar-refractivity contribution in [1.82, 2.24) is 0 Å². The number of aliphatic hydroxyl groups is 1. The fraction of sp³-hybridized carbons (Fsp3) is 0.600. The summed E-state index contributed by atoms with van der Waals surface area (Å²) >= 11 is 5.61. The maximum atomic E-state index is 9.80. The van der Waals surface area contributed by atoms with Gasteiger partial charge in [0.1, 0.15) is 0 Å². The van der Waals surface area contributed by atoms with Gasteiger partial charge in [0.05, 0.1) is 6.10 Å². The van der Waals surface area contributed by atoms with E-state index in [9.17, 15) is 5.11 Å². The first-order valence-electron chi connectivity index (χ1n) is 6.27. The van der Waals surface area contributed by atoms with Crippen LogP contribution in [0.15, 0.2) is 24.3 Å². The first-order valence-corrected chi connectivity index (χ1v) is 6.80. The molecule has 96 valence electrons. The molecular weight excluding hydrogens is 232 g/mol. The van der Waals surface area contributed by atoms with Gasteiger partial charge < -0.3 is 5.11 Å². The fourth-order valence-corrected chi connectivity index (χ4v) is 1.98. The molecular formula is C15H23ClO. The van der Waals surface area contributed by atoms with Gasteiger partial charge in [-0.25, -0.2) is 0 Å². The van der Waals surface area contributed by atoms with Gasteiger partial charge in [0, 0.05) is 5.88 Å². The molecule has 0 bridgehead atoms. The van der Waals surface area contributed by atoms with Crippen molar-refractivity contribution in [2.75, 3.05) is 5.88 Å². The molecule has 1 aromatic carbocycles. The number of rotatable bonds is 5. The quantitative estimate of drug-likeness (QED) is 0.790. The van der Waals surface area contributed by atoms with E-state index in [-0.39, 0.29) is 11.5 Å². The second-order valence-corrected chi connectivity index (χ2v) is 6.01. The van der Waals surface area contributed by atoms with Crippen LogP contribution in [0.1, 0.15) is 44.7 Å². The van der Waals surface area contributed by atoms with Gasteiger partial charge in [-0.1, -0.05) is 45.0 Å². The summed E-state index contributed by atoms with van der Waals surface area (Å²) in [6, 6.07) is 8.54. The zero-order chi connectivity index (χ0) is 12.9. The van der Waals surface area contributed by atoms with Gasteiger partial charge >= 0.3 is 0 Å². The van der Waals surface area contributed by atoms with Crippen LogP contribution in [0.4, 0.5) is 0 Å². The zero-order valence-electron chi connectivity index (χ0n) is 11.0. The van der Waals surface area contributed by atoms with E-state index in [0.717, 1.165) is 19.3 Å². The van der Waals surface area contributed by atoms with Crippen molar-refractivity contribution in [2.45, 2.75) is 51.6 Å². The van der Waals surface area contributed by atoms with Crippen molar-refractivity contribution >= 4 is 11.6 Å². The van der Waals surface area contributed by atoms with Crippen LogP contribution in [0.2, 0.25) is 0 Å². The fourth-order valence-electron chi connectivity index (χ4n) is 1.83. The smallest absolute Gasteiger partial charge is 0.0581 e. The molecule has 0 spiro atoms. The second kappa shape index (κ2) is 6.42. The number of aliphatic hydroxyl groups excluding tert-OH is 1. The highest BCUT2D eigenvalue weighted by Gasteiger charge is 2.13. The first kappa shape index (κ1) is 14.5. The summed E-state index contributed by atoms with van der Waals surface area (Å²) < 4.78 is 0. The Hall–Kier alpha value is -0.530. The molecule has 1 rings (SSSR count). The molecule has 17 heavy (non-hydrogen) atoms. The summed E-state index contributed by atoms with van der Waals surface area (Å²) in [7, 11) is 0. The summed E-state index contributed by atoms with van der Waals surface area (Å²) in [4.78, 5) is 0. The summed E-state index contributed by atoms with van der Waals surface area (Å²) in [5.74, 6) is 0.625. The Balaban J connectivity index is 2.56. The SMILES string of the molecule is CC(C)(C)c1ccc(CC(O)CCCCl)cc1. The Morgan fingerprint density at radius 1 is 1.18 bits per heavy atom. The third kappa shape index (κ3) is 5.10. The molecule has 1 unspecified atom stereocenters. The number of hydrogen-bond donors (Lipinski definition) is 1. The van der Waals surface area contributed by atoms with E-state index in [0.29, 0.717) is 5.88 Å². The topological polar surface area (TPSA) is 20.2 Å². The van der Waals surface area contributed by atoms with Crippen molar-refractivity contribution in [2.24, 2.45) is 0 Å². The van der Waals surface area contributed by atoms with E-state index in [1.807, 2.05) is 0 Å². The Morgan fingerprint density at radius 3 is 2.24 bits per heavy atom. The van der Waals surface area contributed by atoms with Crippen molar-refractivity contribution in [3.63, 3.8) is 0 Å². The van der Waals surface area contributed by atoms with Gasteiger partial charge in [-0.15, -0.1) is 11.6 Å². The van der Waals surface area contributed by atoms with Gasteiger partial charge in [-0.2, -0.15) is 0 Å². The Morgan fingerprint density at radius 2 is 1.76 bits per heavy atom. The van der Waals surface area contributed by atoms with Crippen LogP contribution in [0.3, 0.4) is 0 Å². The molecule has 0 saturated heterocycles. The molecule has 0 aliphatic carbocycles. The molecule has 1 aromatic rings. The highest BCUT2D eigenvalue weighted by atomic mass is 35.5. The minimum absolute atomic E-state index is 0.190. The lowest BCUT2D eigenvalue weighted by molar-refractivity contribution is 0.164. The summed E-state index contributed by atoms with van der Waals surface area (Å²) in [6.07, 6.45) is 2.11. The molecule has 1 N–H and O–H groups in total. The molecule has 0 amide bonds. The second-order valence-electron chi connectivity index (χ2n) is 5.64. The summed E-state index contributed by atoms with van der Waals surface area (Å²) in [6.45, 7) is 6.62. The van der Waals surface area contributed by atoms with Crippen LogP contribution in [-0.4, -0.2) is 17.1 Å². The van der Waals surface area contributed by atoms with Crippen molar-refractivity contribution in [3.05, 3.63) is 35.4 Å². The van der Waals surface area contributed by atoms with E-state index in [4.69, 9.17) is 11.6 Å². The van der Waals surface area contributed by atoms with E-state index in [1.54, 1.807) is 0 Å². The van der Waals surface area contributed by atoms with Crippen LogP contribution < -0.4 is 0 Å². The van der Waals surface area contributed by atoms with E-state index in [1.165, 1.54) is 11.1 Å². The molecule has 1 nitrogen and oxygen atoms in total. The van der Waals surface area contributed by atoms with Crippen LogP contribution in [0, 0.1) is 0 Å². The maximum absolute atomic E-state index is 9.80. The third-order valence-electron chi connectivity index (χ3n) is 2.96. The van der Waals surface area contributed by atoms with Gasteiger partial charge in [0.15, 0.2) is 0 Å². The third-order valence-corrected chi connectivity index (χ3v) is 3.23. The Kier molecular flexibility index (Phi) is 5.48. The molecule has 0 heterocycles. The zero-order valence-corrected chi connectivity index (χ0v) is 11.8. The van der Waals surface area contributed by atoms with Crippen molar-refractivity contribution in [1.29, 1.82) is 0 Å². The number of alkyl halides is 1. The monoisotopic (exact) mass is 254 g/mol. The average Bonchev–Trinajstić information content (AvgIpc) is 2.26. The van der Waals surface area contributed by atoms with Gasteiger partial charge in [-0.05, 0) is 35.8 Å². The van der Waals surface area contributed by atoms with Crippen LogP contribution in [0.5, 0.6) is 0 Å². The number of halogens is 1. The molecule has 2 heteroatoms. The van der Waals surface area contributed by atoms with Crippen LogP contribution in [0.25, 0.3) is 0 Å².